The number of nitro groups is 1. The number of nitrogens with one attached hydrogen (secondary N) is 1. The van der Waals surface area contributed by atoms with Crippen molar-refractivity contribution in [2.45, 2.75) is 13.5 Å². The van der Waals surface area contributed by atoms with E-state index >= 15 is 0 Å². The fourth-order valence-corrected chi connectivity index (χ4v) is 2.39. The molecule has 0 saturated carbocycles. The van der Waals surface area contributed by atoms with Gasteiger partial charge in [-0.3, -0.25) is 10.1 Å². The molecule has 1 N–H and O–H groups in total. The van der Waals surface area contributed by atoms with Crippen LogP contribution < -0.4 is 10.1 Å². The van der Waals surface area contributed by atoms with E-state index in [4.69, 9.17) is 0 Å². The number of rotatable bonds is 3. The summed E-state index contributed by atoms with van der Waals surface area (Å²) in [5.74, 6) is 0. The molecule has 0 unspecified atom stereocenters. The first-order valence-electron chi connectivity index (χ1n) is 5.85. The standard InChI is InChI=1S/C12H12N4O3S/c1-2-15-8-10(16(18)19)20-12(15)14-11(17)13-9-6-4-3-5-7-9/h3-8H,2H2,1H3,(H,13,17)/b14-12-. The van der Waals surface area contributed by atoms with Crippen molar-refractivity contribution in [3.05, 3.63) is 51.4 Å². The van der Waals surface area contributed by atoms with Crippen molar-refractivity contribution in [1.82, 2.24) is 4.57 Å². The van der Waals surface area contributed by atoms with Crippen molar-refractivity contribution in [1.29, 1.82) is 0 Å². The number of anilines is 1. The van der Waals surface area contributed by atoms with Gasteiger partial charge in [-0.05, 0) is 30.4 Å². The first-order chi connectivity index (χ1) is 9.60. The SMILES string of the molecule is CCn1cc([N+](=O)[O-])s/c1=N\C(=O)Nc1ccccc1. The van der Waals surface area contributed by atoms with Crippen LogP contribution in [-0.2, 0) is 6.54 Å². The molecule has 0 spiro atoms. The molecule has 8 heteroatoms. The van der Waals surface area contributed by atoms with Crippen LogP contribution in [0.15, 0.2) is 41.5 Å². The number of aryl methyl sites for hydroxylation is 1. The van der Waals surface area contributed by atoms with E-state index in [0.29, 0.717) is 17.0 Å². The molecule has 0 aliphatic rings. The van der Waals surface area contributed by atoms with Crippen LogP contribution in [0.4, 0.5) is 15.5 Å². The molecule has 0 fully saturated rings. The third-order valence-corrected chi connectivity index (χ3v) is 3.42. The highest BCUT2D eigenvalue weighted by Gasteiger charge is 2.12. The lowest BCUT2D eigenvalue weighted by atomic mass is 10.3. The second kappa shape index (κ2) is 6.11. The van der Waals surface area contributed by atoms with E-state index in [1.807, 2.05) is 13.0 Å². The minimum absolute atomic E-state index is 0.0434. The van der Waals surface area contributed by atoms with E-state index in [2.05, 4.69) is 10.3 Å². The van der Waals surface area contributed by atoms with Gasteiger partial charge in [0.15, 0.2) is 0 Å². The number of carbonyl (C=O) groups excluding carboxylic acids is 1. The molecule has 0 aliphatic heterocycles. The Labute approximate surface area is 118 Å². The molecular formula is C12H12N4O3S. The fraction of sp³-hybridized carbons (Fsp3) is 0.167. The largest absolute Gasteiger partial charge is 0.348 e. The normalized spacial score (nSPS) is 11.3. The predicted molar refractivity (Wildman–Crippen MR) is 75.7 cm³/mol. The van der Waals surface area contributed by atoms with Crippen molar-refractivity contribution in [3.8, 4) is 0 Å². The van der Waals surface area contributed by atoms with Crippen molar-refractivity contribution >= 4 is 28.1 Å². The first-order valence-corrected chi connectivity index (χ1v) is 6.67. The zero-order valence-corrected chi connectivity index (χ0v) is 11.5. The Morgan fingerprint density at radius 1 is 1.45 bits per heavy atom. The van der Waals surface area contributed by atoms with Gasteiger partial charge in [-0.2, -0.15) is 4.99 Å². The van der Waals surface area contributed by atoms with Gasteiger partial charge < -0.3 is 9.88 Å². The van der Waals surface area contributed by atoms with Crippen LogP contribution in [-0.4, -0.2) is 15.5 Å². The lowest BCUT2D eigenvalue weighted by Gasteiger charge is -2.00. The Morgan fingerprint density at radius 2 is 2.15 bits per heavy atom. The van der Waals surface area contributed by atoms with Gasteiger partial charge >= 0.3 is 11.0 Å². The lowest BCUT2D eigenvalue weighted by molar-refractivity contribution is -0.380. The molecule has 2 aromatic rings. The molecule has 7 nitrogen and oxygen atoms in total. The van der Waals surface area contributed by atoms with Crippen molar-refractivity contribution < 1.29 is 9.72 Å². The third kappa shape index (κ3) is 3.29. The highest BCUT2D eigenvalue weighted by molar-refractivity contribution is 7.12. The summed E-state index contributed by atoms with van der Waals surface area (Å²) in [4.78, 5) is 26.2. The minimum Gasteiger partial charge on any atom is -0.317 e. The summed E-state index contributed by atoms with van der Waals surface area (Å²) >= 11 is 0.867. The van der Waals surface area contributed by atoms with Crippen LogP contribution in [0.25, 0.3) is 0 Å². The Kier molecular flexibility index (Phi) is 4.26. The summed E-state index contributed by atoms with van der Waals surface area (Å²) in [6, 6.07) is 8.32. The van der Waals surface area contributed by atoms with Gasteiger partial charge in [0, 0.05) is 12.2 Å². The molecular weight excluding hydrogens is 280 g/mol. The van der Waals surface area contributed by atoms with Gasteiger partial charge in [0.25, 0.3) is 0 Å². The number of urea groups is 1. The fourth-order valence-electron chi connectivity index (χ4n) is 1.52. The quantitative estimate of drug-likeness (QED) is 0.696. The highest BCUT2D eigenvalue weighted by atomic mass is 32.1. The molecule has 0 saturated heterocycles. The zero-order valence-electron chi connectivity index (χ0n) is 10.6. The summed E-state index contributed by atoms with van der Waals surface area (Å²) in [7, 11) is 0. The number of hydrogen-bond donors (Lipinski definition) is 1. The van der Waals surface area contributed by atoms with Crippen LogP contribution in [0.2, 0.25) is 0 Å². The summed E-state index contributed by atoms with van der Waals surface area (Å²) in [6.45, 7) is 2.33. The molecule has 0 atom stereocenters. The summed E-state index contributed by atoms with van der Waals surface area (Å²) < 4.78 is 1.56. The van der Waals surface area contributed by atoms with Gasteiger partial charge in [0.2, 0.25) is 4.80 Å². The number of thiazole rings is 1. The third-order valence-electron chi connectivity index (χ3n) is 2.45. The average molecular weight is 292 g/mol. The van der Waals surface area contributed by atoms with E-state index in [1.165, 1.54) is 6.20 Å². The Balaban J connectivity index is 2.26. The summed E-state index contributed by atoms with van der Waals surface area (Å²) in [5, 5.41) is 13.3. The second-order valence-corrected chi connectivity index (χ2v) is 4.79. The maximum Gasteiger partial charge on any atom is 0.348 e. The summed E-state index contributed by atoms with van der Waals surface area (Å²) in [5.41, 5.74) is 0.621. The predicted octanol–water partition coefficient (Wildman–Crippen LogP) is 2.61. The van der Waals surface area contributed by atoms with Gasteiger partial charge in [-0.25, -0.2) is 4.79 Å². The van der Waals surface area contributed by atoms with E-state index in [9.17, 15) is 14.9 Å². The Morgan fingerprint density at radius 3 is 2.75 bits per heavy atom. The van der Waals surface area contributed by atoms with Gasteiger partial charge in [0.1, 0.15) is 0 Å². The maximum absolute atomic E-state index is 11.8. The average Bonchev–Trinajstić information content (AvgIpc) is 2.83. The number of carbonyl (C=O) groups is 1. The lowest BCUT2D eigenvalue weighted by Crippen LogP contribution is -2.17. The number of para-hydroxylation sites is 1. The highest BCUT2D eigenvalue weighted by Crippen LogP contribution is 2.14. The molecule has 0 aliphatic carbocycles. The second-order valence-electron chi connectivity index (χ2n) is 3.80. The van der Waals surface area contributed by atoms with Crippen molar-refractivity contribution in [2.75, 3.05) is 5.32 Å². The summed E-state index contributed by atoms with van der Waals surface area (Å²) in [6.07, 6.45) is 1.37. The Hall–Kier alpha value is -2.48. The topological polar surface area (TPSA) is 89.5 Å². The van der Waals surface area contributed by atoms with Crippen LogP contribution in [0.3, 0.4) is 0 Å². The van der Waals surface area contributed by atoms with E-state index in [0.717, 1.165) is 11.3 Å². The van der Waals surface area contributed by atoms with Gasteiger partial charge in [0.05, 0.1) is 11.1 Å². The molecule has 20 heavy (non-hydrogen) atoms. The van der Waals surface area contributed by atoms with Crippen LogP contribution >= 0.6 is 11.3 Å². The number of amides is 2. The monoisotopic (exact) mass is 292 g/mol. The molecule has 2 amide bonds. The zero-order chi connectivity index (χ0) is 14.5. The van der Waals surface area contributed by atoms with Crippen LogP contribution in [0.1, 0.15) is 6.92 Å². The van der Waals surface area contributed by atoms with Crippen molar-refractivity contribution in [2.24, 2.45) is 4.99 Å². The Bertz CT molecular complexity index is 690. The van der Waals surface area contributed by atoms with Crippen LogP contribution in [0, 0.1) is 10.1 Å². The van der Waals surface area contributed by atoms with E-state index in [1.54, 1.807) is 28.8 Å². The number of benzene rings is 1. The number of aromatic nitrogens is 1. The van der Waals surface area contributed by atoms with E-state index < -0.39 is 11.0 Å². The number of hydrogen-bond acceptors (Lipinski definition) is 4. The minimum atomic E-state index is -0.560. The number of nitrogens with zero attached hydrogens (tertiary/aromatic N) is 3. The molecule has 2 rings (SSSR count). The smallest absolute Gasteiger partial charge is 0.317 e. The van der Waals surface area contributed by atoms with Crippen LogP contribution in [0.5, 0.6) is 0 Å². The maximum atomic E-state index is 11.8. The first kappa shape index (κ1) is 13.9. The van der Waals surface area contributed by atoms with Gasteiger partial charge in [-0.1, -0.05) is 18.2 Å². The van der Waals surface area contributed by atoms with Gasteiger partial charge in [-0.15, -0.1) is 0 Å². The molecule has 104 valence electrons. The molecule has 1 heterocycles. The molecule has 0 radical (unpaired) electrons. The van der Waals surface area contributed by atoms with E-state index in [-0.39, 0.29) is 5.00 Å². The molecule has 1 aromatic heterocycles. The molecule has 1 aromatic carbocycles. The molecule has 0 bridgehead atoms. The van der Waals surface area contributed by atoms with Crippen molar-refractivity contribution in [3.63, 3.8) is 0 Å².